The monoisotopic (exact) mass is 282 g/mol. The Kier molecular flexibility index (Phi) is 4.55. The number of hydrogen-bond donors (Lipinski definition) is 1. The molecule has 5 nitrogen and oxygen atoms in total. The Morgan fingerprint density at radius 2 is 1.80 bits per heavy atom. The van der Waals surface area contributed by atoms with Crippen molar-refractivity contribution >= 4 is 12.0 Å². The third-order valence-corrected chi connectivity index (χ3v) is 4.72. The molecule has 114 valence electrons. The molecule has 2 rings (SSSR count). The molecule has 2 atom stereocenters. The molecule has 0 spiro atoms. The largest absolute Gasteiger partial charge is 0.481 e. The van der Waals surface area contributed by atoms with Crippen LogP contribution in [0.4, 0.5) is 4.79 Å². The minimum atomic E-state index is -0.716. The fourth-order valence-electron chi connectivity index (χ4n) is 3.89. The van der Waals surface area contributed by atoms with Crippen molar-refractivity contribution in [3.8, 4) is 0 Å². The molecule has 2 unspecified atom stereocenters. The predicted molar refractivity (Wildman–Crippen MR) is 76.5 cm³/mol. The normalized spacial score (nSPS) is 28.8. The van der Waals surface area contributed by atoms with Crippen LogP contribution >= 0.6 is 0 Å². The topological polar surface area (TPSA) is 60.9 Å². The lowest BCUT2D eigenvalue weighted by Gasteiger charge is -2.42. The van der Waals surface area contributed by atoms with E-state index in [9.17, 15) is 9.59 Å². The van der Waals surface area contributed by atoms with Crippen molar-refractivity contribution < 1.29 is 14.7 Å². The molecule has 2 aliphatic rings. The van der Waals surface area contributed by atoms with Gasteiger partial charge in [0.05, 0.1) is 0 Å². The first-order valence-electron chi connectivity index (χ1n) is 7.74. The number of carbonyl (C=O) groups is 2. The number of carboxylic acids is 1. The fourth-order valence-corrected chi connectivity index (χ4v) is 3.89. The highest BCUT2D eigenvalue weighted by atomic mass is 16.4. The summed E-state index contributed by atoms with van der Waals surface area (Å²) in [5.74, 6) is -0.477. The van der Waals surface area contributed by atoms with Gasteiger partial charge in [-0.05, 0) is 52.4 Å². The van der Waals surface area contributed by atoms with Gasteiger partial charge < -0.3 is 14.9 Å². The molecule has 2 heterocycles. The van der Waals surface area contributed by atoms with Crippen LogP contribution in [0.3, 0.4) is 0 Å². The van der Waals surface area contributed by atoms with E-state index in [-0.39, 0.29) is 36.5 Å². The van der Waals surface area contributed by atoms with Crippen LogP contribution in [-0.2, 0) is 4.79 Å². The molecular weight excluding hydrogens is 256 g/mol. The average molecular weight is 282 g/mol. The molecule has 0 saturated carbocycles. The molecule has 0 aromatic carbocycles. The summed E-state index contributed by atoms with van der Waals surface area (Å²) in [6.45, 7) is 6.82. The molecule has 0 aliphatic carbocycles. The molecule has 20 heavy (non-hydrogen) atoms. The Hall–Kier alpha value is -1.26. The van der Waals surface area contributed by atoms with Crippen LogP contribution in [0.5, 0.6) is 0 Å². The maximum Gasteiger partial charge on any atom is 0.320 e. The van der Waals surface area contributed by atoms with E-state index in [0.717, 1.165) is 32.2 Å². The maximum atomic E-state index is 12.7. The van der Waals surface area contributed by atoms with Gasteiger partial charge in [-0.25, -0.2) is 4.79 Å². The quantitative estimate of drug-likeness (QED) is 0.862. The van der Waals surface area contributed by atoms with Crippen LogP contribution < -0.4 is 0 Å². The van der Waals surface area contributed by atoms with Crippen LogP contribution in [0, 0.1) is 5.92 Å². The Balaban J connectivity index is 2.05. The van der Waals surface area contributed by atoms with Gasteiger partial charge in [-0.1, -0.05) is 0 Å². The van der Waals surface area contributed by atoms with Crippen molar-refractivity contribution in [2.45, 2.75) is 71.0 Å². The summed E-state index contributed by atoms with van der Waals surface area (Å²) in [4.78, 5) is 27.5. The highest BCUT2D eigenvalue weighted by Gasteiger charge is 2.44. The van der Waals surface area contributed by atoms with Crippen molar-refractivity contribution in [3.05, 3.63) is 0 Å². The molecule has 2 saturated heterocycles. The lowest BCUT2D eigenvalue weighted by molar-refractivity contribution is -0.138. The summed E-state index contributed by atoms with van der Waals surface area (Å²) in [5, 5.41) is 8.94. The summed E-state index contributed by atoms with van der Waals surface area (Å²) in [6.07, 6.45) is 4.01. The summed E-state index contributed by atoms with van der Waals surface area (Å²) < 4.78 is 0. The summed E-state index contributed by atoms with van der Waals surface area (Å²) in [5.41, 5.74) is 0. The second kappa shape index (κ2) is 6.02. The molecule has 2 aliphatic heterocycles. The summed E-state index contributed by atoms with van der Waals surface area (Å²) in [7, 11) is 0. The number of amides is 2. The van der Waals surface area contributed by atoms with Crippen molar-refractivity contribution in [3.63, 3.8) is 0 Å². The highest BCUT2D eigenvalue weighted by molar-refractivity contribution is 5.76. The number of urea groups is 1. The number of piperidine rings is 1. The number of carboxylic acid groups (broad SMARTS) is 1. The molecule has 2 fully saturated rings. The SMILES string of the molecule is CCN(C(=O)N1C2CCC1CC(CC(=O)O)C2)C(C)C. The minimum absolute atomic E-state index is 0.142. The van der Waals surface area contributed by atoms with Gasteiger partial charge in [0.1, 0.15) is 0 Å². The van der Waals surface area contributed by atoms with Gasteiger partial charge in [0.15, 0.2) is 0 Å². The molecule has 0 aromatic heterocycles. The van der Waals surface area contributed by atoms with Crippen LogP contribution in [0.15, 0.2) is 0 Å². The number of nitrogens with zero attached hydrogens (tertiary/aromatic N) is 2. The second-order valence-corrected chi connectivity index (χ2v) is 6.39. The summed E-state index contributed by atoms with van der Waals surface area (Å²) in [6, 6.07) is 0.851. The van der Waals surface area contributed by atoms with E-state index in [4.69, 9.17) is 5.11 Å². The van der Waals surface area contributed by atoms with Gasteiger partial charge in [-0.2, -0.15) is 0 Å². The van der Waals surface area contributed by atoms with Gasteiger partial charge in [0.25, 0.3) is 0 Å². The van der Waals surface area contributed by atoms with Crippen molar-refractivity contribution in [2.75, 3.05) is 6.54 Å². The van der Waals surface area contributed by atoms with Crippen molar-refractivity contribution in [1.82, 2.24) is 9.80 Å². The Morgan fingerprint density at radius 3 is 2.20 bits per heavy atom. The molecule has 0 aromatic rings. The number of aliphatic carboxylic acids is 1. The Morgan fingerprint density at radius 1 is 1.25 bits per heavy atom. The summed E-state index contributed by atoms with van der Waals surface area (Å²) >= 11 is 0. The number of fused-ring (bicyclic) bond motifs is 2. The first kappa shape index (κ1) is 15.1. The van der Waals surface area contributed by atoms with E-state index in [2.05, 4.69) is 0 Å². The first-order valence-corrected chi connectivity index (χ1v) is 7.74. The van der Waals surface area contributed by atoms with Gasteiger partial charge in [-0.3, -0.25) is 4.79 Å². The van der Waals surface area contributed by atoms with E-state index in [1.807, 2.05) is 30.6 Å². The molecule has 5 heteroatoms. The predicted octanol–water partition coefficient (Wildman–Crippen LogP) is 2.55. The van der Waals surface area contributed by atoms with Crippen molar-refractivity contribution in [1.29, 1.82) is 0 Å². The fraction of sp³-hybridized carbons (Fsp3) is 0.867. The van der Waals surface area contributed by atoms with Crippen LogP contribution in [0.2, 0.25) is 0 Å². The highest BCUT2D eigenvalue weighted by Crippen LogP contribution is 2.40. The zero-order valence-corrected chi connectivity index (χ0v) is 12.7. The van der Waals surface area contributed by atoms with Gasteiger partial charge >= 0.3 is 12.0 Å². The van der Waals surface area contributed by atoms with E-state index >= 15 is 0 Å². The van der Waals surface area contributed by atoms with Crippen LogP contribution in [0.1, 0.15) is 52.9 Å². The van der Waals surface area contributed by atoms with E-state index < -0.39 is 5.97 Å². The average Bonchev–Trinajstić information content (AvgIpc) is 2.61. The van der Waals surface area contributed by atoms with Gasteiger partial charge in [-0.15, -0.1) is 0 Å². The standard InChI is InChI=1S/C15H26N2O3/c1-4-16(10(2)3)15(20)17-12-5-6-13(17)8-11(7-12)9-14(18)19/h10-13H,4-9H2,1-3H3,(H,18,19). The number of carbonyl (C=O) groups excluding carboxylic acids is 1. The van der Waals surface area contributed by atoms with Gasteiger partial charge in [0.2, 0.25) is 0 Å². The van der Waals surface area contributed by atoms with E-state index in [1.54, 1.807) is 0 Å². The molecule has 2 bridgehead atoms. The zero-order valence-electron chi connectivity index (χ0n) is 12.7. The lowest BCUT2D eigenvalue weighted by atomic mass is 9.88. The third kappa shape index (κ3) is 2.91. The number of rotatable bonds is 4. The van der Waals surface area contributed by atoms with E-state index in [0.29, 0.717) is 0 Å². The zero-order chi connectivity index (χ0) is 14.9. The third-order valence-electron chi connectivity index (χ3n) is 4.72. The van der Waals surface area contributed by atoms with Crippen molar-refractivity contribution in [2.24, 2.45) is 5.92 Å². The molecular formula is C15H26N2O3. The van der Waals surface area contributed by atoms with E-state index in [1.165, 1.54) is 0 Å². The molecule has 1 N–H and O–H groups in total. The smallest absolute Gasteiger partial charge is 0.320 e. The first-order chi connectivity index (χ1) is 9.43. The van der Waals surface area contributed by atoms with Crippen LogP contribution in [0.25, 0.3) is 0 Å². The second-order valence-electron chi connectivity index (χ2n) is 6.39. The lowest BCUT2D eigenvalue weighted by Crippen LogP contribution is -2.53. The Bertz CT molecular complexity index is 369. The maximum absolute atomic E-state index is 12.7. The molecule has 0 radical (unpaired) electrons. The minimum Gasteiger partial charge on any atom is -0.481 e. The molecule has 2 amide bonds. The number of hydrogen-bond acceptors (Lipinski definition) is 2. The van der Waals surface area contributed by atoms with Crippen LogP contribution in [-0.4, -0.2) is 51.6 Å². The van der Waals surface area contributed by atoms with Gasteiger partial charge in [0, 0.05) is 31.1 Å². The Labute approximate surface area is 120 Å².